The van der Waals surface area contributed by atoms with E-state index in [1.165, 1.54) is 10.5 Å². The molecule has 1 aromatic carbocycles. The maximum atomic E-state index is 12.5. The van der Waals surface area contributed by atoms with Gasteiger partial charge < -0.3 is 4.74 Å². The number of fused-ring (bicyclic) bond motifs is 1. The first-order chi connectivity index (χ1) is 10.1. The molecule has 2 amide bonds. The molecule has 110 valence electrons. The van der Waals surface area contributed by atoms with Crippen molar-refractivity contribution in [2.24, 2.45) is 11.8 Å². The standard InChI is InChI=1S/C17H19NO3/c1-11-3-8-14-15(9-11)17(20)18(16(14)19)10-12-4-6-13(21-2)7-5-12/h3-7,14-15H,8-10H2,1-2H3/t14-,15+/m0/s1. The molecule has 2 atom stereocenters. The highest BCUT2D eigenvalue weighted by molar-refractivity contribution is 6.05. The van der Waals surface area contributed by atoms with E-state index >= 15 is 0 Å². The highest BCUT2D eigenvalue weighted by Gasteiger charge is 2.47. The Labute approximate surface area is 124 Å². The molecule has 4 nitrogen and oxygen atoms in total. The van der Waals surface area contributed by atoms with E-state index in [9.17, 15) is 9.59 Å². The average Bonchev–Trinajstić information content (AvgIpc) is 2.73. The number of ether oxygens (including phenoxy) is 1. The average molecular weight is 285 g/mol. The Morgan fingerprint density at radius 1 is 1.14 bits per heavy atom. The molecule has 0 saturated carbocycles. The molecule has 1 aromatic rings. The summed E-state index contributed by atoms with van der Waals surface area (Å²) in [7, 11) is 1.61. The Kier molecular flexibility index (Phi) is 3.53. The number of methoxy groups -OCH3 is 1. The van der Waals surface area contributed by atoms with Crippen LogP contribution in [-0.2, 0) is 16.1 Å². The van der Waals surface area contributed by atoms with Crippen LogP contribution in [0.25, 0.3) is 0 Å². The summed E-state index contributed by atoms with van der Waals surface area (Å²) in [5.41, 5.74) is 2.16. The van der Waals surface area contributed by atoms with Crippen LogP contribution < -0.4 is 4.74 Å². The number of carbonyl (C=O) groups excluding carboxylic acids is 2. The summed E-state index contributed by atoms with van der Waals surface area (Å²) in [6.07, 6.45) is 3.50. The molecular weight excluding hydrogens is 266 g/mol. The van der Waals surface area contributed by atoms with Gasteiger partial charge in [0.05, 0.1) is 25.5 Å². The lowest BCUT2D eigenvalue weighted by molar-refractivity contribution is -0.140. The summed E-state index contributed by atoms with van der Waals surface area (Å²) >= 11 is 0. The predicted molar refractivity (Wildman–Crippen MR) is 78.5 cm³/mol. The number of carbonyl (C=O) groups is 2. The van der Waals surface area contributed by atoms with Crippen LogP contribution >= 0.6 is 0 Å². The number of nitrogens with zero attached hydrogens (tertiary/aromatic N) is 1. The van der Waals surface area contributed by atoms with Crippen molar-refractivity contribution in [2.45, 2.75) is 26.3 Å². The number of imide groups is 1. The summed E-state index contributed by atoms with van der Waals surface area (Å²) in [5, 5.41) is 0. The van der Waals surface area contributed by atoms with Crippen molar-refractivity contribution in [3.8, 4) is 5.75 Å². The third-order valence-electron chi connectivity index (χ3n) is 4.41. The van der Waals surface area contributed by atoms with Crippen molar-refractivity contribution in [2.75, 3.05) is 7.11 Å². The van der Waals surface area contributed by atoms with Crippen molar-refractivity contribution in [3.05, 3.63) is 41.5 Å². The monoisotopic (exact) mass is 285 g/mol. The largest absolute Gasteiger partial charge is 0.497 e. The maximum Gasteiger partial charge on any atom is 0.233 e. The fraction of sp³-hybridized carbons (Fsp3) is 0.412. The van der Waals surface area contributed by atoms with E-state index in [2.05, 4.69) is 6.08 Å². The summed E-state index contributed by atoms with van der Waals surface area (Å²) in [6.45, 7) is 2.38. The SMILES string of the molecule is COc1ccc(CN2C(=O)[C@H]3CC=C(C)C[C@H]3C2=O)cc1. The Hall–Kier alpha value is -2.10. The highest BCUT2D eigenvalue weighted by atomic mass is 16.5. The molecule has 1 saturated heterocycles. The van der Waals surface area contributed by atoms with E-state index in [-0.39, 0.29) is 23.7 Å². The van der Waals surface area contributed by atoms with Gasteiger partial charge in [-0.2, -0.15) is 0 Å². The first kappa shape index (κ1) is 13.9. The van der Waals surface area contributed by atoms with Gasteiger partial charge in [-0.1, -0.05) is 23.8 Å². The molecular formula is C17H19NO3. The van der Waals surface area contributed by atoms with Crippen molar-refractivity contribution in [1.29, 1.82) is 0 Å². The lowest BCUT2D eigenvalue weighted by Crippen LogP contribution is -2.30. The smallest absolute Gasteiger partial charge is 0.233 e. The Morgan fingerprint density at radius 3 is 2.48 bits per heavy atom. The second kappa shape index (κ2) is 5.35. The summed E-state index contributed by atoms with van der Waals surface area (Å²) in [5.74, 6) is 0.421. The van der Waals surface area contributed by atoms with Crippen LogP contribution in [0.5, 0.6) is 5.75 Å². The number of hydrogen-bond donors (Lipinski definition) is 0. The van der Waals surface area contributed by atoms with Crippen LogP contribution in [-0.4, -0.2) is 23.8 Å². The highest BCUT2D eigenvalue weighted by Crippen LogP contribution is 2.38. The predicted octanol–water partition coefficient (Wildman–Crippen LogP) is 2.54. The van der Waals surface area contributed by atoms with Crippen molar-refractivity contribution in [1.82, 2.24) is 4.90 Å². The second-order valence-corrected chi connectivity index (χ2v) is 5.81. The molecule has 4 heteroatoms. The van der Waals surface area contributed by atoms with E-state index in [1.54, 1.807) is 7.11 Å². The molecule has 0 aromatic heterocycles. The Morgan fingerprint density at radius 2 is 1.81 bits per heavy atom. The van der Waals surface area contributed by atoms with Crippen molar-refractivity contribution in [3.63, 3.8) is 0 Å². The zero-order chi connectivity index (χ0) is 15.0. The summed E-state index contributed by atoms with van der Waals surface area (Å²) in [4.78, 5) is 26.3. The van der Waals surface area contributed by atoms with Crippen LogP contribution in [0.1, 0.15) is 25.3 Å². The van der Waals surface area contributed by atoms with Gasteiger partial charge in [-0.15, -0.1) is 0 Å². The van der Waals surface area contributed by atoms with Gasteiger partial charge in [0.15, 0.2) is 0 Å². The molecule has 1 aliphatic heterocycles. The fourth-order valence-electron chi connectivity index (χ4n) is 3.18. The van der Waals surface area contributed by atoms with Crippen molar-refractivity contribution >= 4 is 11.8 Å². The van der Waals surface area contributed by atoms with Gasteiger partial charge in [-0.25, -0.2) is 0 Å². The zero-order valence-electron chi connectivity index (χ0n) is 12.3. The van der Waals surface area contributed by atoms with Gasteiger partial charge in [0.25, 0.3) is 0 Å². The molecule has 0 N–H and O–H groups in total. The first-order valence-electron chi connectivity index (χ1n) is 7.24. The third-order valence-corrected chi connectivity index (χ3v) is 4.41. The molecule has 1 fully saturated rings. The van der Waals surface area contributed by atoms with Crippen LogP contribution in [0.3, 0.4) is 0 Å². The number of benzene rings is 1. The molecule has 2 aliphatic rings. The van der Waals surface area contributed by atoms with Crippen LogP contribution in [0.15, 0.2) is 35.9 Å². The Bertz CT molecular complexity index is 603. The van der Waals surface area contributed by atoms with Crippen molar-refractivity contribution < 1.29 is 14.3 Å². The molecule has 1 aliphatic carbocycles. The van der Waals surface area contributed by atoms with E-state index in [0.717, 1.165) is 11.3 Å². The minimum atomic E-state index is -0.153. The minimum absolute atomic E-state index is 0.0201. The van der Waals surface area contributed by atoms with Crippen LogP contribution in [0.2, 0.25) is 0 Å². The second-order valence-electron chi connectivity index (χ2n) is 5.81. The summed E-state index contributed by atoms with van der Waals surface area (Å²) < 4.78 is 5.12. The number of amides is 2. The molecule has 0 radical (unpaired) electrons. The molecule has 21 heavy (non-hydrogen) atoms. The normalized spacial score (nSPS) is 24.9. The van der Waals surface area contributed by atoms with Gasteiger partial charge in [-0.05, 0) is 37.5 Å². The van der Waals surface area contributed by atoms with Gasteiger partial charge in [0.1, 0.15) is 5.75 Å². The number of rotatable bonds is 3. The molecule has 3 rings (SSSR count). The van der Waals surface area contributed by atoms with E-state index in [0.29, 0.717) is 19.4 Å². The van der Waals surface area contributed by atoms with Crippen LogP contribution in [0.4, 0.5) is 0 Å². The molecule has 1 heterocycles. The Balaban J connectivity index is 1.77. The summed E-state index contributed by atoms with van der Waals surface area (Å²) in [6, 6.07) is 7.48. The topological polar surface area (TPSA) is 46.6 Å². The molecule has 0 spiro atoms. The zero-order valence-corrected chi connectivity index (χ0v) is 12.3. The van der Waals surface area contributed by atoms with Gasteiger partial charge in [0, 0.05) is 0 Å². The van der Waals surface area contributed by atoms with Gasteiger partial charge in [-0.3, -0.25) is 14.5 Å². The van der Waals surface area contributed by atoms with Gasteiger partial charge >= 0.3 is 0 Å². The van der Waals surface area contributed by atoms with E-state index in [4.69, 9.17) is 4.74 Å². The lowest BCUT2D eigenvalue weighted by Gasteiger charge is -2.19. The van der Waals surface area contributed by atoms with Gasteiger partial charge in [0.2, 0.25) is 11.8 Å². The lowest BCUT2D eigenvalue weighted by atomic mass is 9.82. The maximum absolute atomic E-state index is 12.5. The first-order valence-corrected chi connectivity index (χ1v) is 7.24. The third kappa shape index (κ3) is 2.46. The van der Waals surface area contributed by atoms with E-state index < -0.39 is 0 Å². The van der Waals surface area contributed by atoms with Crippen LogP contribution in [0, 0.1) is 11.8 Å². The van der Waals surface area contributed by atoms with E-state index in [1.807, 2.05) is 31.2 Å². The number of likely N-dealkylation sites (tertiary alicyclic amines) is 1. The number of allylic oxidation sites excluding steroid dienone is 2. The minimum Gasteiger partial charge on any atom is -0.497 e. The fourth-order valence-corrected chi connectivity index (χ4v) is 3.18. The molecule has 0 bridgehead atoms. The molecule has 0 unspecified atom stereocenters. The quantitative estimate of drug-likeness (QED) is 0.633. The number of hydrogen-bond acceptors (Lipinski definition) is 3.